The number of esters is 1. The van der Waals surface area contributed by atoms with Gasteiger partial charge in [0.2, 0.25) is 0 Å². The third-order valence-electron chi connectivity index (χ3n) is 6.21. The van der Waals surface area contributed by atoms with Crippen molar-refractivity contribution in [3.8, 4) is 0 Å². The molecule has 2 aliphatic rings. The molecule has 1 fully saturated rings. The molecule has 0 saturated carbocycles. The van der Waals surface area contributed by atoms with E-state index >= 15 is 0 Å². The summed E-state index contributed by atoms with van der Waals surface area (Å²) in [7, 11) is 0. The molecule has 168 valence electrons. The predicted octanol–water partition coefficient (Wildman–Crippen LogP) is 5.10. The number of fused-ring (bicyclic) bond motifs is 1. The molecule has 2 heterocycles. The molecule has 31 heavy (non-hydrogen) atoms. The lowest BCUT2D eigenvalue weighted by atomic mass is 9.79. The van der Waals surface area contributed by atoms with Crippen LogP contribution in [0.5, 0.6) is 0 Å². The molecule has 2 atom stereocenters. The second kappa shape index (κ2) is 8.69. The number of amides is 2. The zero-order valence-corrected chi connectivity index (χ0v) is 20.3. The third kappa shape index (κ3) is 4.25. The van der Waals surface area contributed by atoms with Crippen molar-refractivity contribution in [1.29, 1.82) is 0 Å². The number of thioether (sulfide) groups is 1. The number of aryl methyl sites for hydroxylation is 1. The first kappa shape index (κ1) is 23.4. The zero-order valence-electron chi connectivity index (χ0n) is 19.4. The third-order valence-corrected chi connectivity index (χ3v) is 7.10. The van der Waals surface area contributed by atoms with Gasteiger partial charge in [0.15, 0.2) is 0 Å². The fourth-order valence-electron chi connectivity index (χ4n) is 4.73. The second-order valence-corrected chi connectivity index (χ2v) is 9.90. The number of ether oxygens (including phenoxy) is 1. The Kier molecular flexibility index (Phi) is 6.56. The van der Waals surface area contributed by atoms with E-state index in [0.29, 0.717) is 10.8 Å². The number of benzene rings is 1. The van der Waals surface area contributed by atoms with E-state index in [1.165, 1.54) is 18.2 Å². The molecule has 2 aliphatic heterocycles. The smallest absolute Gasteiger partial charge is 0.329 e. The van der Waals surface area contributed by atoms with Crippen LogP contribution >= 0.6 is 11.8 Å². The van der Waals surface area contributed by atoms with E-state index in [9.17, 15) is 14.4 Å². The van der Waals surface area contributed by atoms with Crippen LogP contribution in [0.15, 0.2) is 17.0 Å². The Morgan fingerprint density at radius 3 is 2.61 bits per heavy atom. The van der Waals surface area contributed by atoms with Crippen LogP contribution in [0.1, 0.15) is 70.6 Å². The fourth-order valence-corrected chi connectivity index (χ4v) is 5.63. The van der Waals surface area contributed by atoms with Crippen molar-refractivity contribution < 1.29 is 19.1 Å². The summed E-state index contributed by atoms with van der Waals surface area (Å²) in [5.74, 6) is -0.636. The lowest BCUT2D eigenvalue weighted by Crippen LogP contribution is -2.48. The highest BCUT2D eigenvalue weighted by atomic mass is 32.2. The van der Waals surface area contributed by atoms with Gasteiger partial charge < -0.3 is 9.64 Å². The Labute approximate surface area is 189 Å². The van der Waals surface area contributed by atoms with Crippen molar-refractivity contribution >= 4 is 40.6 Å². The number of carbonyl (C=O) groups is 3. The molecule has 1 aromatic rings. The van der Waals surface area contributed by atoms with Crippen LogP contribution in [0.25, 0.3) is 6.08 Å². The van der Waals surface area contributed by atoms with Gasteiger partial charge >= 0.3 is 5.97 Å². The Hall–Kier alpha value is -2.28. The molecule has 2 unspecified atom stereocenters. The summed E-state index contributed by atoms with van der Waals surface area (Å²) in [5.41, 5.74) is 4.56. The Morgan fingerprint density at radius 2 is 2.00 bits per heavy atom. The zero-order chi connectivity index (χ0) is 23.1. The molecule has 3 rings (SSSR count). The lowest BCUT2D eigenvalue weighted by molar-refractivity contribution is -0.150. The van der Waals surface area contributed by atoms with Crippen molar-refractivity contribution in [3.63, 3.8) is 0 Å². The molecule has 2 amide bonds. The first-order chi connectivity index (χ1) is 14.5. The maximum atomic E-state index is 12.9. The molecular formula is C24H32N2O4S. The van der Waals surface area contributed by atoms with E-state index < -0.39 is 23.2 Å². The number of hydrogen-bond acceptors (Lipinski definition) is 6. The van der Waals surface area contributed by atoms with Gasteiger partial charge in [-0.25, -0.2) is 4.79 Å². The molecule has 1 saturated heterocycles. The van der Waals surface area contributed by atoms with Crippen LogP contribution in [0.4, 0.5) is 10.5 Å². The number of hydrogen-bond donors (Lipinski definition) is 0. The minimum Gasteiger partial charge on any atom is -0.464 e. The molecule has 1 aromatic carbocycles. The Balaban J connectivity index is 1.96. The van der Waals surface area contributed by atoms with E-state index in [1.54, 1.807) is 13.0 Å². The molecular weight excluding hydrogens is 412 g/mol. The Morgan fingerprint density at radius 1 is 1.32 bits per heavy atom. The topological polar surface area (TPSA) is 66.9 Å². The summed E-state index contributed by atoms with van der Waals surface area (Å²) in [6.07, 6.45) is 2.82. The maximum absolute atomic E-state index is 12.9. The van der Waals surface area contributed by atoms with Gasteiger partial charge in [-0.2, -0.15) is 0 Å². The van der Waals surface area contributed by atoms with Crippen molar-refractivity contribution in [3.05, 3.63) is 33.7 Å². The van der Waals surface area contributed by atoms with E-state index in [-0.39, 0.29) is 12.1 Å². The standard InChI is InChI=1S/C24H32N2O4S/c1-8-25-19-10-14(3)17(11-18(19)15(4)13-24(25,6)7)12-20-21(27)26(23(29)31-20)16(5)22(28)30-9-2/h10-12,15-16H,8-9,13H2,1-7H3/b20-12+. The molecule has 6 nitrogen and oxygen atoms in total. The van der Waals surface area contributed by atoms with E-state index in [1.807, 2.05) is 6.92 Å². The summed E-state index contributed by atoms with van der Waals surface area (Å²) in [6.45, 7) is 15.3. The summed E-state index contributed by atoms with van der Waals surface area (Å²) in [6, 6.07) is 3.40. The monoisotopic (exact) mass is 444 g/mol. The fraction of sp³-hybridized carbons (Fsp3) is 0.542. The summed E-state index contributed by atoms with van der Waals surface area (Å²) < 4.78 is 4.98. The van der Waals surface area contributed by atoms with E-state index in [2.05, 4.69) is 44.7 Å². The molecule has 0 aliphatic carbocycles. The first-order valence-electron chi connectivity index (χ1n) is 10.9. The minimum absolute atomic E-state index is 0.0843. The van der Waals surface area contributed by atoms with Crippen LogP contribution in [0.3, 0.4) is 0 Å². The highest BCUT2D eigenvalue weighted by molar-refractivity contribution is 8.18. The van der Waals surface area contributed by atoms with Gasteiger partial charge in [0.1, 0.15) is 6.04 Å². The van der Waals surface area contributed by atoms with Crippen LogP contribution in [0.2, 0.25) is 0 Å². The van der Waals surface area contributed by atoms with E-state index in [0.717, 1.165) is 40.8 Å². The number of imide groups is 1. The maximum Gasteiger partial charge on any atom is 0.329 e. The van der Waals surface area contributed by atoms with Crippen molar-refractivity contribution in [2.24, 2.45) is 0 Å². The number of anilines is 1. The average molecular weight is 445 g/mol. The normalized spacial score (nSPS) is 22.7. The lowest BCUT2D eigenvalue weighted by Gasteiger charge is -2.47. The van der Waals surface area contributed by atoms with Gasteiger partial charge in [-0.3, -0.25) is 14.5 Å². The minimum atomic E-state index is -0.941. The van der Waals surface area contributed by atoms with Crippen LogP contribution in [-0.2, 0) is 14.3 Å². The highest BCUT2D eigenvalue weighted by Crippen LogP contribution is 2.45. The molecule has 0 spiro atoms. The summed E-state index contributed by atoms with van der Waals surface area (Å²) in [5, 5.41) is -0.445. The van der Waals surface area contributed by atoms with Crippen LogP contribution < -0.4 is 4.90 Å². The Bertz CT molecular complexity index is 953. The largest absolute Gasteiger partial charge is 0.464 e. The van der Waals surface area contributed by atoms with Gasteiger partial charge in [-0.05, 0) is 101 Å². The molecule has 7 heteroatoms. The second-order valence-electron chi connectivity index (χ2n) is 8.91. The van der Waals surface area contributed by atoms with Crippen LogP contribution in [-0.4, -0.2) is 46.7 Å². The van der Waals surface area contributed by atoms with Gasteiger partial charge in [0, 0.05) is 17.8 Å². The number of rotatable bonds is 5. The molecule has 0 radical (unpaired) electrons. The summed E-state index contributed by atoms with van der Waals surface area (Å²) >= 11 is 0.873. The molecule has 0 N–H and O–H groups in total. The van der Waals surface area contributed by atoms with Gasteiger partial charge in [0.25, 0.3) is 11.1 Å². The number of nitrogens with zero attached hydrogens (tertiary/aromatic N) is 2. The van der Waals surface area contributed by atoms with Gasteiger partial charge in [-0.15, -0.1) is 0 Å². The summed E-state index contributed by atoms with van der Waals surface area (Å²) in [4.78, 5) is 41.2. The van der Waals surface area contributed by atoms with Crippen molar-refractivity contribution in [2.75, 3.05) is 18.1 Å². The number of carbonyl (C=O) groups excluding carboxylic acids is 3. The van der Waals surface area contributed by atoms with Crippen molar-refractivity contribution in [2.45, 2.75) is 72.4 Å². The molecule has 0 bridgehead atoms. The average Bonchev–Trinajstić information content (AvgIpc) is 2.95. The van der Waals surface area contributed by atoms with E-state index in [4.69, 9.17) is 4.74 Å². The molecule has 0 aromatic heterocycles. The first-order valence-corrected chi connectivity index (χ1v) is 11.7. The van der Waals surface area contributed by atoms with Crippen LogP contribution in [0, 0.1) is 6.92 Å². The predicted molar refractivity (Wildman–Crippen MR) is 125 cm³/mol. The van der Waals surface area contributed by atoms with Crippen molar-refractivity contribution in [1.82, 2.24) is 4.90 Å². The van der Waals surface area contributed by atoms with Gasteiger partial charge in [0.05, 0.1) is 11.5 Å². The SMILES string of the molecule is CCOC(=O)C(C)N1C(=O)S/C(=C/c2cc3c(cc2C)N(CC)C(C)(C)CC3C)C1=O. The van der Waals surface area contributed by atoms with Gasteiger partial charge in [-0.1, -0.05) is 6.92 Å². The highest BCUT2D eigenvalue weighted by Gasteiger charge is 2.41. The quantitative estimate of drug-likeness (QED) is 0.465.